The van der Waals surface area contributed by atoms with Crippen LogP contribution in [0.2, 0.25) is 0 Å². The molecule has 0 bridgehead atoms. The number of sulfonamides is 1. The van der Waals surface area contributed by atoms with Crippen LogP contribution in [0.1, 0.15) is 23.2 Å². The van der Waals surface area contributed by atoms with E-state index in [1.54, 1.807) is 24.3 Å². The molecule has 2 saturated heterocycles. The summed E-state index contributed by atoms with van der Waals surface area (Å²) in [5.74, 6) is -0.927. The first kappa shape index (κ1) is 22.6. The maximum atomic E-state index is 12.9. The molecule has 3 amide bonds. The van der Waals surface area contributed by atoms with E-state index in [0.29, 0.717) is 52.9 Å². The van der Waals surface area contributed by atoms with E-state index in [2.05, 4.69) is 10.3 Å². The van der Waals surface area contributed by atoms with E-state index in [4.69, 9.17) is 4.74 Å². The van der Waals surface area contributed by atoms with Gasteiger partial charge in [0.2, 0.25) is 21.8 Å². The van der Waals surface area contributed by atoms with Gasteiger partial charge in [-0.05, 0) is 42.5 Å². The molecular weight excluding hydrogens is 480 g/mol. The molecule has 0 aliphatic carbocycles. The van der Waals surface area contributed by atoms with E-state index in [-0.39, 0.29) is 29.6 Å². The molecule has 2 aliphatic heterocycles. The van der Waals surface area contributed by atoms with Crippen LogP contribution >= 0.6 is 11.3 Å². The fourth-order valence-electron chi connectivity index (χ4n) is 3.85. The molecule has 2 fully saturated rings. The fraction of sp³-hybridized carbons (Fsp3) is 0.273. The second-order valence-electron chi connectivity index (χ2n) is 7.79. The number of ether oxygens (including phenoxy) is 1. The molecule has 176 valence electrons. The quantitative estimate of drug-likeness (QED) is 0.533. The van der Waals surface area contributed by atoms with E-state index >= 15 is 0 Å². The van der Waals surface area contributed by atoms with Crippen LogP contribution in [0, 0.1) is 0 Å². The number of benzene rings is 2. The number of hydrogen-bond donors (Lipinski definition) is 1. The van der Waals surface area contributed by atoms with Crippen molar-refractivity contribution in [3.8, 4) is 0 Å². The Morgan fingerprint density at radius 3 is 2.35 bits per heavy atom. The van der Waals surface area contributed by atoms with Gasteiger partial charge in [0.1, 0.15) is 0 Å². The standard InChI is InChI=1S/C22H20N4O6S2/c27-19-7-8-20(28)26(19)15-3-1-14(2-4-15)21(29)24-22-23-17-6-5-16(13-18(17)33-22)34(30,31)25-9-11-32-12-10-25/h1-6,13H,7-12H2,(H,23,24,29). The van der Waals surface area contributed by atoms with Gasteiger partial charge >= 0.3 is 0 Å². The largest absolute Gasteiger partial charge is 0.379 e. The minimum absolute atomic E-state index is 0.171. The van der Waals surface area contributed by atoms with Gasteiger partial charge in [-0.1, -0.05) is 11.3 Å². The first-order valence-corrected chi connectivity index (χ1v) is 12.8. The zero-order chi connectivity index (χ0) is 23.9. The van der Waals surface area contributed by atoms with Gasteiger partial charge in [0.05, 0.1) is 34.0 Å². The van der Waals surface area contributed by atoms with E-state index in [9.17, 15) is 22.8 Å². The van der Waals surface area contributed by atoms with E-state index < -0.39 is 15.9 Å². The lowest BCUT2D eigenvalue weighted by Gasteiger charge is -2.25. The van der Waals surface area contributed by atoms with Gasteiger partial charge in [0.25, 0.3) is 5.91 Å². The van der Waals surface area contributed by atoms with Crippen molar-refractivity contribution in [3.63, 3.8) is 0 Å². The highest BCUT2D eigenvalue weighted by molar-refractivity contribution is 7.89. The minimum Gasteiger partial charge on any atom is -0.379 e. The van der Waals surface area contributed by atoms with Crippen LogP contribution in [-0.4, -0.2) is 61.7 Å². The van der Waals surface area contributed by atoms with Crippen molar-refractivity contribution in [2.45, 2.75) is 17.7 Å². The van der Waals surface area contributed by atoms with Crippen molar-refractivity contribution < 1.29 is 27.5 Å². The van der Waals surface area contributed by atoms with Crippen LogP contribution in [-0.2, 0) is 24.3 Å². The Balaban J connectivity index is 1.32. The highest BCUT2D eigenvalue weighted by Crippen LogP contribution is 2.30. The van der Waals surface area contributed by atoms with Gasteiger partial charge in [-0.25, -0.2) is 13.4 Å². The number of fused-ring (bicyclic) bond motifs is 1. The number of anilines is 2. The van der Waals surface area contributed by atoms with Gasteiger partial charge in [0, 0.05) is 31.5 Å². The van der Waals surface area contributed by atoms with Crippen LogP contribution in [0.3, 0.4) is 0 Å². The summed E-state index contributed by atoms with van der Waals surface area (Å²) in [4.78, 5) is 42.1. The summed E-state index contributed by atoms with van der Waals surface area (Å²) in [6.07, 6.45) is 0.377. The topological polar surface area (TPSA) is 126 Å². The van der Waals surface area contributed by atoms with Gasteiger partial charge in [-0.3, -0.25) is 24.6 Å². The van der Waals surface area contributed by atoms with Crippen LogP contribution in [0.4, 0.5) is 10.8 Å². The summed E-state index contributed by atoms with van der Waals surface area (Å²) in [6, 6.07) is 10.9. The second-order valence-corrected chi connectivity index (χ2v) is 10.8. The van der Waals surface area contributed by atoms with Crippen molar-refractivity contribution in [2.75, 3.05) is 36.5 Å². The number of amides is 3. The van der Waals surface area contributed by atoms with Gasteiger partial charge in [-0.2, -0.15) is 4.31 Å². The Bertz CT molecular complexity index is 1380. The summed E-state index contributed by atoms with van der Waals surface area (Å²) >= 11 is 1.17. The predicted octanol–water partition coefficient (Wildman–Crippen LogP) is 2.22. The number of carbonyl (C=O) groups is 3. The predicted molar refractivity (Wildman–Crippen MR) is 125 cm³/mol. The Hall–Kier alpha value is -3.19. The zero-order valence-corrected chi connectivity index (χ0v) is 19.5. The number of hydrogen-bond acceptors (Lipinski definition) is 8. The molecule has 0 spiro atoms. The molecule has 12 heteroatoms. The van der Waals surface area contributed by atoms with Gasteiger partial charge < -0.3 is 4.74 Å². The van der Waals surface area contributed by atoms with Crippen LogP contribution < -0.4 is 10.2 Å². The monoisotopic (exact) mass is 500 g/mol. The lowest BCUT2D eigenvalue weighted by Crippen LogP contribution is -2.40. The number of imide groups is 1. The summed E-state index contributed by atoms with van der Waals surface area (Å²) in [6.45, 7) is 1.35. The minimum atomic E-state index is -3.64. The average Bonchev–Trinajstić information content (AvgIpc) is 3.40. The summed E-state index contributed by atoms with van der Waals surface area (Å²) in [5.41, 5.74) is 1.33. The number of carbonyl (C=O) groups excluding carboxylic acids is 3. The van der Waals surface area contributed by atoms with Crippen LogP contribution in [0.5, 0.6) is 0 Å². The smallest absolute Gasteiger partial charge is 0.257 e. The van der Waals surface area contributed by atoms with Crippen molar-refractivity contribution >= 4 is 60.1 Å². The molecule has 34 heavy (non-hydrogen) atoms. The van der Waals surface area contributed by atoms with Crippen molar-refractivity contribution in [2.24, 2.45) is 0 Å². The summed E-state index contributed by atoms with van der Waals surface area (Å²) in [7, 11) is -3.64. The third kappa shape index (κ3) is 4.20. The summed E-state index contributed by atoms with van der Waals surface area (Å²) < 4.78 is 33.1. The molecule has 3 aromatic rings. The molecule has 0 saturated carbocycles. The molecule has 3 heterocycles. The van der Waals surface area contributed by atoms with E-state index in [1.165, 1.54) is 33.8 Å². The molecule has 2 aromatic carbocycles. The maximum Gasteiger partial charge on any atom is 0.257 e. The molecular formula is C22H20N4O6S2. The lowest BCUT2D eigenvalue weighted by molar-refractivity contribution is -0.121. The Labute approximate surface area is 199 Å². The molecule has 1 aromatic heterocycles. The number of aromatic nitrogens is 1. The first-order valence-electron chi connectivity index (χ1n) is 10.6. The van der Waals surface area contributed by atoms with Crippen LogP contribution in [0.15, 0.2) is 47.4 Å². The average molecular weight is 501 g/mol. The number of nitrogens with one attached hydrogen (secondary N) is 1. The lowest BCUT2D eigenvalue weighted by atomic mass is 10.2. The molecule has 0 atom stereocenters. The summed E-state index contributed by atoms with van der Waals surface area (Å²) in [5, 5.41) is 3.05. The van der Waals surface area contributed by atoms with Gasteiger partial charge in [-0.15, -0.1) is 0 Å². The third-order valence-electron chi connectivity index (χ3n) is 5.63. The number of rotatable bonds is 5. The van der Waals surface area contributed by atoms with Gasteiger partial charge in [0.15, 0.2) is 5.13 Å². The van der Waals surface area contributed by atoms with E-state index in [0.717, 1.165) is 4.90 Å². The highest BCUT2D eigenvalue weighted by Gasteiger charge is 2.30. The third-order valence-corrected chi connectivity index (χ3v) is 8.46. The molecule has 2 aliphatic rings. The van der Waals surface area contributed by atoms with Crippen molar-refractivity contribution in [1.29, 1.82) is 0 Å². The normalized spacial score (nSPS) is 17.5. The SMILES string of the molecule is O=C(Nc1nc2ccc(S(=O)(=O)N3CCOCC3)cc2s1)c1ccc(N2C(=O)CCC2=O)cc1. The number of nitrogens with zero attached hydrogens (tertiary/aromatic N) is 3. The van der Waals surface area contributed by atoms with E-state index in [1.807, 2.05) is 0 Å². The maximum absolute atomic E-state index is 12.9. The molecule has 0 radical (unpaired) electrons. The molecule has 0 unspecified atom stereocenters. The second kappa shape index (κ2) is 8.87. The number of thiazole rings is 1. The molecule has 1 N–H and O–H groups in total. The zero-order valence-electron chi connectivity index (χ0n) is 17.9. The van der Waals surface area contributed by atoms with Crippen molar-refractivity contribution in [1.82, 2.24) is 9.29 Å². The van der Waals surface area contributed by atoms with Crippen molar-refractivity contribution in [3.05, 3.63) is 48.0 Å². The Morgan fingerprint density at radius 1 is 1.00 bits per heavy atom. The highest BCUT2D eigenvalue weighted by atomic mass is 32.2. The van der Waals surface area contributed by atoms with Crippen LogP contribution in [0.25, 0.3) is 10.2 Å². The number of morpholine rings is 1. The first-order chi connectivity index (χ1) is 16.3. The molecule has 5 rings (SSSR count). The Morgan fingerprint density at radius 2 is 1.68 bits per heavy atom. The molecule has 10 nitrogen and oxygen atoms in total. The fourth-order valence-corrected chi connectivity index (χ4v) is 6.26. The Kier molecular flexibility index (Phi) is 5.90.